The van der Waals surface area contributed by atoms with Crippen molar-refractivity contribution in [3.8, 4) is 0 Å². The van der Waals surface area contributed by atoms with Crippen LogP contribution in [0, 0.1) is 5.92 Å². The number of pyridine rings is 1. The van der Waals surface area contributed by atoms with Gasteiger partial charge in [0.05, 0.1) is 4.90 Å². The molecule has 1 aliphatic rings. The van der Waals surface area contributed by atoms with Crippen molar-refractivity contribution in [2.75, 3.05) is 13.1 Å². The first kappa shape index (κ1) is 22.2. The number of Topliss-reactive ketones (excluding diaryl/α,β-unsaturated/α-hetero) is 1. The van der Waals surface area contributed by atoms with E-state index in [1.165, 1.54) is 28.1 Å². The lowest BCUT2D eigenvalue weighted by Gasteiger charge is -2.30. The molecular formula is C21H24Cl2N2O3S. The summed E-state index contributed by atoms with van der Waals surface area (Å²) in [5.74, 6) is 0.0635. The number of aromatic nitrogens is 1. The SMILES string of the molecule is CCc1ccc(CCC(=O)C2CCN(S(=O)(=O)c3cc(Cl)cc(Cl)c3)CC2)nc1. The van der Waals surface area contributed by atoms with Crippen LogP contribution in [0.25, 0.3) is 0 Å². The number of halogens is 2. The van der Waals surface area contributed by atoms with Crippen molar-refractivity contribution in [3.63, 3.8) is 0 Å². The van der Waals surface area contributed by atoms with Gasteiger partial charge < -0.3 is 0 Å². The van der Waals surface area contributed by atoms with Crippen molar-refractivity contribution in [1.29, 1.82) is 0 Å². The largest absolute Gasteiger partial charge is 0.299 e. The summed E-state index contributed by atoms with van der Waals surface area (Å²) in [4.78, 5) is 17.1. The summed E-state index contributed by atoms with van der Waals surface area (Å²) in [6.45, 7) is 2.70. The Balaban J connectivity index is 1.55. The summed E-state index contributed by atoms with van der Waals surface area (Å²) in [5, 5.41) is 0.559. The number of benzene rings is 1. The lowest BCUT2D eigenvalue weighted by molar-refractivity contribution is -0.123. The normalized spacial score (nSPS) is 16.1. The third-order valence-corrected chi connectivity index (χ3v) is 7.62. The summed E-state index contributed by atoms with van der Waals surface area (Å²) in [5.41, 5.74) is 2.09. The van der Waals surface area contributed by atoms with Crippen LogP contribution in [0.5, 0.6) is 0 Å². The highest BCUT2D eigenvalue weighted by molar-refractivity contribution is 7.89. The molecule has 0 unspecified atom stereocenters. The Morgan fingerprint density at radius 3 is 2.34 bits per heavy atom. The molecule has 0 amide bonds. The molecule has 1 saturated heterocycles. The molecule has 0 saturated carbocycles. The fourth-order valence-electron chi connectivity index (χ4n) is 3.51. The Morgan fingerprint density at radius 1 is 1.14 bits per heavy atom. The molecule has 1 aromatic heterocycles. The first-order valence-electron chi connectivity index (χ1n) is 9.72. The zero-order valence-electron chi connectivity index (χ0n) is 16.3. The van der Waals surface area contributed by atoms with Gasteiger partial charge >= 0.3 is 0 Å². The third kappa shape index (κ3) is 5.57. The average molecular weight is 455 g/mol. The average Bonchev–Trinajstić information content (AvgIpc) is 2.71. The van der Waals surface area contributed by atoms with Crippen molar-refractivity contribution in [2.24, 2.45) is 5.92 Å². The van der Waals surface area contributed by atoms with Crippen molar-refractivity contribution >= 4 is 39.0 Å². The molecule has 3 rings (SSSR count). The van der Waals surface area contributed by atoms with Gasteiger partial charge in [0, 0.05) is 47.4 Å². The molecule has 0 atom stereocenters. The van der Waals surface area contributed by atoms with Gasteiger partial charge in [-0.3, -0.25) is 9.78 Å². The van der Waals surface area contributed by atoms with Gasteiger partial charge in [-0.15, -0.1) is 0 Å². The minimum Gasteiger partial charge on any atom is -0.299 e. The highest BCUT2D eigenvalue weighted by atomic mass is 35.5. The van der Waals surface area contributed by atoms with E-state index < -0.39 is 10.0 Å². The second-order valence-electron chi connectivity index (χ2n) is 7.26. The first-order chi connectivity index (χ1) is 13.8. The number of ketones is 1. The molecule has 2 aromatic rings. The van der Waals surface area contributed by atoms with Gasteiger partial charge in [0.15, 0.2) is 0 Å². The maximum absolute atomic E-state index is 12.8. The molecule has 0 aliphatic carbocycles. The van der Waals surface area contributed by atoms with E-state index in [0.717, 1.165) is 12.1 Å². The zero-order valence-corrected chi connectivity index (χ0v) is 18.6. The maximum atomic E-state index is 12.8. The van der Waals surface area contributed by atoms with Crippen LogP contribution in [-0.4, -0.2) is 36.6 Å². The molecule has 1 aliphatic heterocycles. The lowest BCUT2D eigenvalue weighted by Crippen LogP contribution is -2.40. The topological polar surface area (TPSA) is 67.3 Å². The van der Waals surface area contributed by atoms with Gasteiger partial charge in [0.25, 0.3) is 0 Å². The van der Waals surface area contributed by atoms with Crippen LogP contribution in [-0.2, 0) is 27.7 Å². The number of hydrogen-bond acceptors (Lipinski definition) is 4. The lowest BCUT2D eigenvalue weighted by atomic mass is 9.91. The van der Waals surface area contributed by atoms with Gasteiger partial charge in [0.2, 0.25) is 10.0 Å². The van der Waals surface area contributed by atoms with Gasteiger partial charge in [-0.2, -0.15) is 4.31 Å². The van der Waals surface area contributed by atoms with Crippen LogP contribution < -0.4 is 0 Å². The molecule has 0 spiro atoms. The number of carbonyl (C=O) groups is 1. The Morgan fingerprint density at radius 2 is 1.79 bits per heavy atom. The van der Waals surface area contributed by atoms with E-state index in [2.05, 4.69) is 11.9 Å². The van der Waals surface area contributed by atoms with E-state index in [1.54, 1.807) is 0 Å². The monoisotopic (exact) mass is 454 g/mol. The van der Waals surface area contributed by atoms with Crippen LogP contribution in [0.15, 0.2) is 41.4 Å². The Hall–Kier alpha value is -1.47. The molecule has 156 valence electrons. The number of nitrogens with zero attached hydrogens (tertiary/aromatic N) is 2. The predicted octanol–water partition coefficient (Wildman–Crippen LogP) is 4.55. The predicted molar refractivity (Wildman–Crippen MR) is 115 cm³/mol. The van der Waals surface area contributed by atoms with Crippen LogP contribution in [0.1, 0.15) is 37.4 Å². The summed E-state index contributed by atoms with van der Waals surface area (Å²) in [7, 11) is -3.67. The van der Waals surface area contributed by atoms with E-state index in [4.69, 9.17) is 23.2 Å². The second-order valence-corrected chi connectivity index (χ2v) is 10.1. The number of rotatable bonds is 7. The Labute approximate surface area is 182 Å². The molecule has 29 heavy (non-hydrogen) atoms. The Bertz CT molecular complexity index is 950. The van der Waals surface area contributed by atoms with Gasteiger partial charge in [0.1, 0.15) is 5.78 Å². The van der Waals surface area contributed by atoms with Crippen LogP contribution in [0.4, 0.5) is 0 Å². The third-order valence-electron chi connectivity index (χ3n) is 5.30. The molecule has 5 nitrogen and oxygen atoms in total. The van der Waals surface area contributed by atoms with Crippen LogP contribution in [0.3, 0.4) is 0 Å². The van der Waals surface area contributed by atoms with Crippen LogP contribution >= 0.6 is 23.2 Å². The molecule has 1 aromatic carbocycles. The number of hydrogen-bond donors (Lipinski definition) is 0. The van der Waals surface area contributed by atoms with E-state index in [-0.39, 0.29) is 26.6 Å². The Kier molecular flexibility index (Phi) is 7.32. The van der Waals surface area contributed by atoms with Gasteiger partial charge in [-0.05, 0) is 55.5 Å². The number of carbonyl (C=O) groups excluding carboxylic acids is 1. The molecule has 2 heterocycles. The molecular weight excluding hydrogens is 431 g/mol. The van der Waals surface area contributed by atoms with Gasteiger partial charge in [-0.1, -0.05) is 36.2 Å². The zero-order chi connectivity index (χ0) is 21.0. The molecule has 8 heteroatoms. The van der Waals surface area contributed by atoms with Crippen LogP contribution in [0.2, 0.25) is 10.0 Å². The van der Waals surface area contributed by atoms with E-state index >= 15 is 0 Å². The fraction of sp³-hybridized carbons (Fsp3) is 0.429. The van der Waals surface area contributed by atoms with Crippen molar-refractivity contribution in [3.05, 3.63) is 57.8 Å². The molecule has 0 bridgehead atoms. The molecule has 0 radical (unpaired) electrons. The summed E-state index contributed by atoms with van der Waals surface area (Å²) in [6, 6.07) is 8.31. The van der Waals surface area contributed by atoms with Crippen molar-refractivity contribution in [2.45, 2.75) is 43.9 Å². The number of aryl methyl sites for hydroxylation is 2. The second kappa shape index (κ2) is 9.56. The summed E-state index contributed by atoms with van der Waals surface area (Å²) < 4.78 is 27.1. The minimum atomic E-state index is -3.67. The highest BCUT2D eigenvalue weighted by Crippen LogP contribution is 2.28. The van der Waals surface area contributed by atoms with E-state index in [1.807, 2.05) is 18.3 Å². The maximum Gasteiger partial charge on any atom is 0.243 e. The minimum absolute atomic E-state index is 0.0846. The molecule has 0 N–H and O–H groups in total. The van der Waals surface area contributed by atoms with Crippen molar-refractivity contribution in [1.82, 2.24) is 9.29 Å². The van der Waals surface area contributed by atoms with Gasteiger partial charge in [-0.25, -0.2) is 8.42 Å². The number of piperidine rings is 1. The van der Waals surface area contributed by atoms with E-state index in [9.17, 15) is 13.2 Å². The standard InChI is InChI=1S/C21H24Cl2N2O3S/c1-2-15-3-4-19(24-14-15)5-6-21(26)16-7-9-25(10-8-16)29(27,28)20-12-17(22)11-18(23)13-20/h3-4,11-14,16H,2,5-10H2,1H3. The fourth-order valence-corrected chi connectivity index (χ4v) is 5.71. The van der Waals surface area contributed by atoms with E-state index in [0.29, 0.717) is 38.8 Å². The molecule has 1 fully saturated rings. The first-order valence-corrected chi connectivity index (χ1v) is 11.9. The highest BCUT2D eigenvalue weighted by Gasteiger charge is 2.32. The smallest absolute Gasteiger partial charge is 0.243 e. The number of sulfonamides is 1. The quantitative estimate of drug-likeness (QED) is 0.614. The summed E-state index contributed by atoms with van der Waals surface area (Å²) >= 11 is 11.9. The summed E-state index contributed by atoms with van der Waals surface area (Å²) in [6.07, 6.45) is 4.88. The van der Waals surface area contributed by atoms with Crippen molar-refractivity contribution < 1.29 is 13.2 Å².